The molecule has 2 N–H and O–H groups in total. The Labute approximate surface area is 113 Å². The molecule has 0 spiro atoms. The molecule has 0 aliphatic rings. The van der Waals surface area contributed by atoms with Crippen molar-refractivity contribution in [2.45, 2.75) is 6.54 Å². The van der Waals surface area contributed by atoms with Crippen LogP contribution in [-0.2, 0) is 6.54 Å². The van der Waals surface area contributed by atoms with E-state index in [1.165, 1.54) is 6.07 Å². The van der Waals surface area contributed by atoms with Crippen molar-refractivity contribution in [2.24, 2.45) is 0 Å². The molecule has 0 aliphatic heterocycles. The average molecular weight is 311 g/mol. The number of nitrogens with zero attached hydrogens (tertiary/aromatic N) is 2. The molecule has 0 aliphatic carbocycles. The van der Waals surface area contributed by atoms with E-state index >= 15 is 0 Å². The van der Waals surface area contributed by atoms with E-state index in [4.69, 9.17) is 0 Å². The standard InChI is InChI=1S/C12H12BrFN4/c1-15-12-17-7-9(13)11(18-12)16-6-8-4-2-3-5-10(8)14/h2-5,7H,6H2,1H3,(H2,15,16,17,18). The zero-order valence-electron chi connectivity index (χ0n) is 9.74. The second kappa shape index (κ2) is 5.77. The summed E-state index contributed by atoms with van der Waals surface area (Å²) in [5, 5.41) is 5.91. The lowest BCUT2D eigenvalue weighted by Crippen LogP contribution is -2.06. The molecular formula is C12H12BrFN4. The second-order valence-electron chi connectivity index (χ2n) is 3.59. The van der Waals surface area contributed by atoms with Gasteiger partial charge in [0.05, 0.1) is 4.47 Å². The number of anilines is 2. The summed E-state index contributed by atoms with van der Waals surface area (Å²) < 4.78 is 14.2. The fourth-order valence-corrected chi connectivity index (χ4v) is 1.76. The minimum absolute atomic E-state index is 0.232. The molecule has 0 unspecified atom stereocenters. The van der Waals surface area contributed by atoms with Crippen LogP contribution in [-0.4, -0.2) is 17.0 Å². The van der Waals surface area contributed by atoms with Gasteiger partial charge in [0.25, 0.3) is 0 Å². The first-order chi connectivity index (χ1) is 8.70. The molecule has 0 saturated carbocycles. The van der Waals surface area contributed by atoms with Gasteiger partial charge in [-0.1, -0.05) is 18.2 Å². The Morgan fingerprint density at radius 2 is 2.11 bits per heavy atom. The van der Waals surface area contributed by atoms with Crippen molar-refractivity contribution in [1.82, 2.24) is 9.97 Å². The van der Waals surface area contributed by atoms with Crippen LogP contribution < -0.4 is 10.6 Å². The van der Waals surface area contributed by atoms with E-state index in [0.29, 0.717) is 23.9 Å². The number of hydrogen-bond acceptors (Lipinski definition) is 4. The third kappa shape index (κ3) is 2.95. The summed E-state index contributed by atoms with van der Waals surface area (Å²) in [7, 11) is 1.74. The number of rotatable bonds is 4. The van der Waals surface area contributed by atoms with Gasteiger partial charge in [0.1, 0.15) is 11.6 Å². The maximum Gasteiger partial charge on any atom is 0.224 e. The normalized spacial score (nSPS) is 10.2. The van der Waals surface area contributed by atoms with Crippen molar-refractivity contribution < 1.29 is 4.39 Å². The average Bonchev–Trinajstić information content (AvgIpc) is 2.39. The molecule has 0 bridgehead atoms. The molecule has 6 heteroatoms. The molecule has 4 nitrogen and oxygen atoms in total. The molecule has 2 rings (SSSR count). The highest BCUT2D eigenvalue weighted by Crippen LogP contribution is 2.21. The number of aromatic nitrogens is 2. The number of nitrogens with one attached hydrogen (secondary N) is 2. The zero-order chi connectivity index (χ0) is 13.0. The Hall–Kier alpha value is -1.69. The first kappa shape index (κ1) is 12.8. The molecular weight excluding hydrogens is 299 g/mol. The quantitative estimate of drug-likeness (QED) is 0.911. The molecule has 2 aromatic rings. The highest BCUT2D eigenvalue weighted by molar-refractivity contribution is 9.10. The van der Waals surface area contributed by atoms with Crippen LogP contribution in [0.1, 0.15) is 5.56 Å². The summed E-state index contributed by atoms with van der Waals surface area (Å²) >= 11 is 3.34. The lowest BCUT2D eigenvalue weighted by Gasteiger charge is -2.09. The maximum absolute atomic E-state index is 13.4. The number of hydrogen-bond donors (Lipinski definition) is 2. The van der Waals surface area contributed by atoms with E-state index in [1.807, 2.05) is 0 Å². The molecule has 1 heterocycles. The molecule has 94 valence electrons. The SMILES string of the molecule is CNc1ncc(Br)c(NCc2ccccc2F)n1. The van der Waals surface area contributed by atoms with Crippen LogP contribution in [0.5, 0.6) is 0 Å². The van der Waals surface area contributed by atoms with E-state index in [-0.39, 0.29) is 5.82 Å². The monoisotopic (exact) mass is 310 g/mol. The molecule has 0 amide bonds. The molecule has 1 aromatic carbocycles. The van der Waals surface area contributed by atoms with E-state index in [0.717, 1.165) is 4.47 Å². The second-order valence-corrected chi connectivity index (χ2v) is 4.44. The number of benzene rings is 1. The van der Waals surface area contributed by atoms with Gasteiger partial charge in [-0.2, -0.15) is 4.98 Å². The molecule has 0 fully saturated rings. The fourth-order valence-electron chi connectivity index (χ4n) is 1.43. The van der Waals surface area contributed by atoms with E-state index < -0.39 is 0 Å². The van der Waals surface area contributed by atoms with Crippen molar-refractivity contribution in [3.8, 4) is 0 Å². The number of halogens is 2. The summed E-state index contributed by atoms with van der Waals surface area (Å²) in [5.41, 5.74) is 0.592. The minimum Gasteiger partial charge on any atom is -0.365 e. The molecule has 1 aromatic heterocycles. The van der Waals surface area contributed by atoms with Gasteiger partial charge in [-0.15, -0.1) is 0 Å². The summed E-state index contributed by atoms with van der Waals surface area (Å²) in [6, 6.07) is 6.63. The third-order valence-corrected chi connectivity index (χ3v) is 2.95. The van der Waals surface area contributed by atoms with E-state index in [1.54, 1.807) is 31.4 Å². The lowest BCUT2D eigenvalue weighted by atomic mass is 10.2. The van der Waals surface area contributed by atoms with Gasteiger partial charge in [-0.3, -0.25) is 0 Å². The zero-order valence-corrected chi connectivity index (χ0v) is 11.3. The van der Waals surface area contributed by atoms with Crippen LogP contribution in [0.3, 0.4) is 0 Å². The highest BCUT2D eigenvalue weighted by Gasteiger charge is 2.05. The van der Waals surface area contributed by atoms with Gasteiger partial charge in [0.15, 0.2) is 0 Å². The Balaban J connectivity index is 2.13. The van der Waals surface area contributed by atoms with Crippen LogP contribution in [0.25, 0.3) is 0 Å². The predicted molar refractivity (Wildman–Crippen MR) is 73.0 cm³/mol. The Bertz CT molecular complexity index is 547. The first-order valence-corrected chi connectivity index (χ1v) is 6.17. The summed E-state index contributed by atoms with van der Waals surface area (Å²) in [5.74, 6) is 0.899. The van der Waals surface area contributed by atoms with Crippen molar-refractivity contribution in [3.63, 3.8) is 0 Å². The largest absolute Gasteiger partial charge is 0.365 e. The topological polar surface area (TPSA) is 49.8 Å². The Morgan fingerprint density at radius 1 is 1.33 bits per heavy atom. The summed E-state index contributed by atoms with van der Waals surface area (Å²) in [6.07, 6.45) is 1.64. The van der Waals surface area contributed by atoms with Crippen LogP contribution in [0.2, 0.25) is 0 Å². The highest BCUT2D eigenvalue weighted by atomic mass is 79.9. The lowest BCUT2D eigenvalue weighted by molar-refractivity contribution is 0.613. The van der Waals surface area contributed by atoms with Crippen LogP contribution in [0.4, 0.5) is 16.2 Å². The fraction of sp³-hybridized carbons (Fsp3) is 0.167. The van der Waals surface area contributed by atoms with E-state index in [2.05, 4.69) is 36.5 Å². The summed E-state index contributed by atoms with van der Waals surface area (Å²) in [6.45, 7) is 0.367. The molecule has 0 saturated heterocycles. The van der Waals surface area contributed by atoms with Crippen molar-refractivity contribution in [2.75, 3.05) is 17.7 Å². The third-order valence-electron chi connectivity index (χ3n) is 2.37. The van der Waals surface area contributed by atoms with Gasteiger partial charge in [0.2, 0.25) is 5.95 Å². The van der Waals surface area contributed by atoms with Gasteiger partial charge in [-0.05, 0) is 22.0 Å². The van der Waals surface area contributed by atoms with Crippen LogP contribution in [0, 0.1) is 5.82 Å². The molecule has 18 heavy (non-hydrogen) atoms. The van der Waals surface area contributed by atoms with Gasteiger partial charge in [0, 0.05) is 25.4 Å². The molecule has 0 radical (unpaired) electrons. The smallest absolute Gasteiger partial charge is 0.224 e. The van der Waals surface area contributed by atoms with Gasteiger partial charge in [-0.25, -0.2) is 9.37 Å². The minimum atomic E-state index is -0.232. The van der Waals surface area contributed by atoms with Gasteiger partial charge >= 0.3 is 0 Å². The van der Waals surface area contributed by atoms with Crippen molar-refractivity contribution in [1.29, 1.82) is 0 Å². The van der Waals surface area contributed by atoms with Crippen molar-refractivity contribution >= 4 is 27.7 Å². The first-order valence-electron chi connectivity index (χ1n) is 5.38. The van der Waals surface area contributed by atoms with Crippen LogP contribution in [0.15, 0.2) is 34.9 Å². The summed E-state index contributed by atoms with van der Waals surface area (Å²) in [4.78, 5) is 8.28. The van der Waals surface area contributed by atoms with Gasteiger partial charge < -0.3 is 10.6 Å². The van der Waals surface area contributed by atoms with Crippen LogP contribution >= 0.6 is 15.9 Å². The predicted octanol–water partition coefficient (Wildman–Crippen LogP) is 3.03. The van der Waals surface area contributed by atoms with E-state index in [9.17, 15) is 4.39 Å². The Kier molecular flexibility index (Phi) is 4.09. The molecule has 0 atom stereocenters. The Morgan fingerprint density at radius 3 is 2.83 bits per heavy atom. The van der Waals surface area contributed by atoms with Crippen molar-refractivity contribution in [3.05, 3.63) is 46.3 Å². The maximum atomic E-state index is 13.4.